The maximum atomic E-state index is 12.6. The number of carbonyl (C=O) groups is 2. The molecular weight excluding hydrogens is 515 g/mol. The zero-order valence-electron chi connectivity index (χ0n) is 19.6. The van der Waals surface area contributed by atoms with Gasteiger partial charge in [-0.25, -0.2) is 4.79 Å². The number of pyridine rings is 1. The Labute approximate surface area is 256 Å². The van der Waals surface area contributed by atoms with Crippen molar-refractivity contribution in [2.24, 2.45) is 7.05 Å². The molecule has 0 bridgehead atoms. The fourth-order valence-corrected chi connectivity index (χ4v) is 3.90. The fourth-order valence-electron chi connectivity index (χ4n) is 3.37. The number of hydrogen-bond donors (Lipinski definition) is 2. The maximum absolute atomic E-state index is 12.6. The number of carbonyl (C=O) groups excluding carboxylic acids is 2. The number of rotatable bonds is 6. The van der Waals surface area contributed by atoms with Gasteiger partial charge in [-0.3, -0.25) is 4.79 Å². The number of halogens is 2. The molecule has 0 saturated heterocycles. The Morgan fingerprint density at radius 3 is 2.29 bits per heavy atom. The molecule has 3 aromatic rings. The molecule has 12 heteroatoms. The molecule has 0 aliphatic heterocycles. The van der Waals surface area contributed by atoms with Gasteiger partial charge >= 0.3 is 65.1 Å². The largest absolute Gasteiger partial charge is 1.00 e. The summed E-state index contributed by atoms with van der Waals surface area (Å²) >= 11 is 12.2. The van der Waals surface area contributed by atoms with Crippen LogP contribution >= 0.6 is 23.2 Å². The van der Waals surface area contributed by atoms with Crippen molar-refractivity contribution in [2.75, 3.05) is 5.32 Å². The van der Waals surface area contributed by atoms with Crippen LogP contribution in [0.4, 0.5) is 10.5 Å². The number of carboxylic acids is 1. The topological polar surface area (TPSA) is 126 Å². The number of amides is 2. The molecule has 1 unspecified atom stereocenters. The molecule has 0 radical (unpaired) electrons. The Morgan fingerprint density at radius 2 is 1.69 bits per heavy atom. The first-order valence-electron chi connectivity index (χ1n) is 9.76. The van der Waals surface area contributed by atoms with Crippen molar-refractivity contribution in [3.05, 3.63) is 80.2 Å². The molecule has 0 fully saturated rings. The number of nitrogens with zero attached hydrogens (tertiary/aromatic N) is 1. The van der Waals surface area contributed by atoms with Crippen LogP contribution in [-0.2, 0) is 11.8 Å². The molecule has 0 saturated carbocycles. The van der Waals surface area contributed by atoms with Crippen molar-refractivity contribution in [1.29, 1.82) is 0 Å². The van der Waals surface area contributed by atoms with Gasteiger partial charge in [0, 0.05) is 35.7 Å². The first-order chi connectivity index (χ1) is 15.5. The van der Waals surface area contributed by atoms with E-state index >= 15 is 0 Å². The molecule has 1 aromatic heterocycles. The van der Waals surface area contributed by atoms with Crippen LogP contribution in [0.2, 0.25) is 10.0 Å². The van der Waals surface area contributed by atoms with E-state index < -0.39 is 41.5 Å². The average molecular weight is 534 g/mol. The second-order valence-electron chi connectivity index (χ2n) is 7.44. The summed E-state index contributed by atoms with van der Waals surface area (Å²) in [6.45, 7) is 1.51. The van der Waals surface area contributed by atoms with Gasteiger partial charge in [-0.05, 0) is 53.4 Å². The fraction of sp³-hybridized carbons (Fsp3) is 0.174. The first kappa shape index (κ1) is 31.5. The van der Waals surface area contributed by atoms with Gasteiger partial charge in [-0.1, -0.05) is 47.2 Å². The van der Waals surface area contributed by atoms with Crippen LogP contribution in [0.1, 0.15) is 23.6 Å². The van der Waals surface area contributed by atoms with Gasteiger partial charge in [0.15, 0.2) is 0 Å². The Kier molecular flexibility index (Phi) is 12.4. The normalized spacial score (nSPS) is 11.0. The van der Waals surface area contributed by atoms with Crippen LogP contribution in [0.3, 0.4) is 0 Å². The minimum atomic E-state index is -1.40. The van der Waals surface area contributed by atoms with E-state index in [0.29, 0.717) is 26.7 Å². The van der Waals surface area contributed by atoms with Crippen LogP contribution in [0.15, 0.2) is 53.5 Å². The SMILES string of the molecule is Cc1cn(C)c(=O)c(NC(=O)NC(CC(=O)[O-])c2cccc(-c3cc(Cl)cc(Cl)c3)c2)c1[O-].[Na+].[Na+]. The van der Waals surface area contributed by atoms with Crippen molar-refractivity contribution in [3.8, 4) is 16.9 Å². The Bertz CT molecular complexity index is 1280. The van der Waals surface area contributed by atoms with Gasteiger partial charge in [0.2, 0.25) is 0 Å². The summed E-state index contributed by atoms with van der Waals surface area (Å²) in [5.74, 6) is -2.02. The summed E-state index contributed by atoms with van der Waals surface area (Å²) in [5.41, 5.74) is 1.01. The number of aliphatic carboxylic acids is 1. The van der Waals surface area contributed by atoms with Crippen molar-refractivity contribution in [3.63, 3.8) is 0 Å². The van der Waals surface area contributed by atoms with E-state index in [9.17, 15) is 24.6 Å². The van der Waals surface area contributed by atoms with Crippen molar-refractivity contribution in [1.82, 2.24) is 9.88 Å². The number of urea groups is 1. The molecule has 0 spiro atoms. The molecule has 2 aromatic carbocycles. The number of aryl methyl sites for hydroxylation is 2. The minimum Gasteiger partial charge on any atom is -0.871 e. The zero-order chi connectivity index (χ0) is 24.3. The van der Waals surface area contributed by atoms with E-state index in [-0.39, 0.29) is 64.7 Å². The first-order valence-corrected chi connectivity index (χ1v) is 10.5. The molecule has 0 aliphatic rings. The second-order valence-corrected chi connectivity index (χ2v) is 8.32. The molecular formula is C23H19Cl2N3Na2O5. The third-order valence-electron chi connectivity index (χ3n) is 4.91. The molecule has 172 valence electrons. The minimum absolute atomic E-state index is 0. The Hall–Kier alpha value is -1.49. The second kappa shape index (κ2) is 13.7. The molecule has 2 N–H and O–H groups in total. The summed E-state index contributed by atoms with van der Waals surface area (Å²) in [4.78, 5) is 36.2. The summed E-state index contributed by atoms with van der Waals surface area (Å²) in [5, 5.41) is 29.2. The Morgan fingerprint density at radius 1 is 1.06 bits per heavy atom. The molecule has 1 heterocycles. The number of hydrogen-bond acceptors (Lipinski definition) is 5. The van der Waals surface area contributed by atoms with E-state index in [1.54, 1.807) is 42.5 Å². The van der Waals surface area contributed by atoms with Crippen molar-refractivity contribution in [2.45, 2.75) is 19.4 Å². The van der Waals surface area contributed by atoms with Gasteiger partial charge in [-0.2, -0.15) is 0 Å². The predicted octanol–water partition coefficient (Wildman–Crippen LogP) is -3.25. The standard InChI is InChI=1S/C23H21Cl2N3O5.2Na/c1-12-11-28(2)22(32)20(21(12)31)27-23(33)26-18(10-19(29)30)14-5-3-4-13(6-14)15-7-16(24)9-17(25)8-15;;/h3-9,11,18,31H,10H2,1-2H3,(H,29,30)(H2,26,27,33);;/q;2*+1/p-2. The summed E-state index contributed by atoms with van der Waals surface area (Å²) in [6, 6.07) is 9.85. The number of nitrogens with one attached hydrogen (secondary N) is 2. The van der Waals surface area contributed by atoms with E-state index in [1.807, 2.05) is 0 Å². The van der Waals surface area contributed by atoms with Gasteiger partial charge < -0.3 is 30.2 Å². The number of anilines is 1. The zero-order valence-corrected chi connectivity index (χ0v) is 25.2. The van der Waals surface area contributed by atoms with Gasteiger partial charge in [-0.15, -0.1) is 0 Å². The summed E-state index contributed by atoms with van der Waals surface area (Å²) < 4.78 is 1.17. The molecule has 35 heavy (non-hydrogen) atoms. The van der Waals surface area contributed by atoms with E-state index in [4.69, 9.17) is 23.2 Å². The van der Waals surface area contributed by atoms with Crippen LogP contribution in [0.5, 0.6) is 5.75 Å². The number of aromatic nitrogens is 1. The van der Waals surface area contributed by atoms with Gasteiger partial charge in [0.1, 0.15) is 5.69 Å². The van der Waals surface area contributed by atoms with Crippen LogP contribution in [0.25, 0.3) is 11.1 Å². The smallest absolute Gasteiger partial charge is 0.871 e. The molecule has 1 atom stereocenters. The van der Waals surface area contributed by atoms with E-state index in [0.717, 1.165) is 0 Å². The van der Waals surface area contributed by atoms with Crippen molar-refractivity contribution < 1.29 is 78.9 Å². The van der Waals surface area contributed by atoms with Crippen LogP contribution in [0, 0.1) is 6.92 Å². The monoisotopic (exact) mass is 533 g/mol. The van der Waals surface area contributed by atoms with E-state index in [2.05, 4.69) is 10.6 Å². The summed E-state index contributed by atoms with van der Waals surface area (Å²) in [6.07, 6.45) is 0.823. The third-order valence-corrected chi connectivity index (χ3v) is 5.34. The van der Waals surface area contributed by atoms with Gasteiger partial charge in [0.05, 0.1) is 6.04 Å². The molecule has 3 rings (SSSR count). The number of benzene rings is 2. The summed E-state index contributed by atoms with van der Waals surface area (Å²) in [7, 11) is 1.45. The quantitative estimate of drug-likeness (QED) is 0.322. The van der Waals surface area contributed by atoms with E-state index in [1.165, 1.54) is 24.7 Å². The molecule has 2 amide bonds. The number of carboxylic acid groups (broad SMARTS) is 1. The van der Waals surface area contributed by atoms with Crippen LogP contribution < -0.4 is 85.5 Å². The van der Waals surface area contributed by atoms with Gasteiger partial charge in [0.25, 0.3) is 5.56 Å². The third kappa shape index (κ3) is 8.27. The van der Waals surface area contributed by atoms with Crippen molar-refractivity contribution >= 4 is 40.9 Å². The predicted molar refractivity (Wildman–Crippen MR) is 122 cm³/mol. The van der Waals surface area contributed by atoms with Crippen LogP contribution in [-0.4, -0.2) is 16.6 Å². The molecule has 8 nitrogen and oxygen atoms in total. The maximum Gasteiger partial charge on any atom is 1.00 e. The average Bonchev–Trinajstić information content (AvgIpc) is 2.74. The Balaban J connectivity index is 0.00000306. The molecule has 0 aliphatic carbocycles.